The lowest BCUT2D eigenvalue weighted by Gasteiger charge is -2.06. The van der Waals surface area contributed by atoms with Gasteiger partial charge in [-0.25, -0.2) is 12.8 Å². The van der Waals surface area contributed by atoms with Gasteiger partial charge in [0.25, 0.3) is 10.0 Å². The van der Waals surface area contributed by atoms with E-state index in [0.717, 1.165) is 12.3 Å². The molecule has 0 saturated carbocycles. The molecule has 0 aliphatic heterocycles. The third-order valence-electron chi connectivity index (χ3n) is 2.26. The Hall–Kier alpha value is -2.37. The number of sulfonamides is 1. The fourth-order valence-electron chi connectivity index (χ4n) is 1.38. The molecule has 1 aromatic heterocycles. The van der Waals surface area contributed by atoms with Gasteiger partial charge in [0.2, 0.25) is 0 Å². The van der Waals surface area contributed by atoms with E-state index in [4.69, 9.17) is 5.73 Å². The lowest BCUT2D eigenvalue weighted by molar-refractivity contribution is 0.420. The van der Waals surface area contributed by atoms with Crippen molar-refractivity contribution < 1.29 is 17.3 Å². The van der Waals surface area contributed by atoms with E-state index in [-0.39, 0.29) is 22.7 Å². The highest BCUT2D eigenvalue weighted by molar-refractivity contribution is 7.92. The zero-order valence-electron chi connectivity index (χ0n) is 10.1. The molecule has 1 heterocycles. The summed E-state index contributed by atoms with van der Waals surface area (Å²) >= 11 is 0. The zero-order valence-corrected chi connectivity index (χ0v) is 10.9. The summed E-state index contributed by atoms with van der Waals surface area (Å²) in [5.74, 6) is 4.26. The van der Waals surface area contributed by atoms with E-state index in [9.17, 15) is 12.8 Å². The van der Waals surface area contributed by atoms with Crippen molar-refractivity contribution in [3.05, 3.63) is 42.0 Å². The Labute approximate surface area is 114 Å². The van der Waals surface area contributed by atoms with Gasteiger partial charge < -0.3 is 10.3 Å². The van der Waals surface area contributed by atoms with Gasteiger partial charge in [-0.15, -0.1) is 0 Å². The van der Waals surface area contributed by atoms with Crippen molar-refractivity contribution in [1.82, 2.24) is 5.16 Å². The predicted molar refractivity (Wildman–Crippen MR) is 69.6 cm³/mol. The number of rotatable bonds is 3. The van der Waals surface area contributed by atoms with E-state index in [2.05, 4.69) is 26.2 Å². The van der Waals surface area contributed by atoms with Crippen molar-refractivity contribution >= 4 is 15.7 Å². The molecule has 20 heavy (non-hydrogen) atoms. The standard InChI is InChI=1S/C12H10FN3O3S/c13-12-6-11(4-3-9(12)2-1-5-14)20(17,18)16-10-7-15-19-8-10/h3-4,6-8,16H,5,14H2. The Morgan fingerprint density at radius 2 is 2.25 bits per heavy atom. The molecule has 0 spiro atoms. The first-order valence-corrected chi connectivity index (χ1v) is 6.92. The van der Waals surface area contributed by atoms with Crippen LogP contribution in [0.4, 0.5) is 10.1 Å². The fourth-order valence-corrected chi connectivity index (χ4v) is 2.41. The number of benzene rings is 1. The van der Waals surface area contributed by atoms with Crippen molar-refractivity contribution in [1.29, 1.82) is 0 Å². The molecule has 0 amide bonds. The van der Waals surface area contributed by atoms with Gasteiger partial charge in [-0.2, -0.15) is 0 Å². The number of nitrogens with two attached hydrogens (primary N) is 1. The first-order valence-electron chi connectivity index (χ1n) is 5.43. The molecule has 0 atom stereocenters. The number of anilines is 1. The average Bonchev–Trinajstić information content (AvgIpc) is 2.89. The predicted octanol–water partition coefficient (Wildman–Crippen LogP) is 0.925. The molecule has 0 unspecified atom stereocenters. The smallest absolute Gasteiger partial charge is 0.262 e. The molecule has 0 fully saturated rings. The molecular formula is C12H10FN3O3S. The molecule has 0 bridgehead atoms. The van der Waals surface area contributed by atoms with Crippen LogP contribution in [0.2, 0.25) is 0 Å². The van der Waals surface area contributed by atoms with Crippen LogP contribution in [-0.4, -0.2) is 20.1 Å². The van der Waals surface area contributed by atoms with Crippen molar-refractivity contribution in [2.45, 2.75) is 4.90 Å². The first-order chi connectivity index (χ1) is 9.53. The normalized spacial score (nSPS) is 10.7. The Bertz CT molecular complexity index is 761. The molecule has 0 aliphatic rings. The van der Waals surface area contributed by atoms with Crippen LogP contribution in [0.5, 0.6) is 0 Å². The van der Waals surface area contributed by atoms with Crippen LogP contribution in [0, 0.1) is 17.7 Å². The van der Waals surface area contributed by atoms with Crippen LogP contribution >= 0.6 is 0 Å². The lowest BCUT2D eigenvalue weighted by atomic mass is 10.2. The van der Waals surface area contributed by atoms with E-state index in [1.54, 1.807) is 0 Å². The van der Waals surface area contributed by atoms with Crippen LogP contribution in [-0.2, 0) is 10.0 Å². The van der Waals surface area contributed by atoms with Gasteiger partial charge >= 0.3 is 0 Å². The second-order valence-corrected chi connectivity index (χ2v) is 5.35. The van der Waals surface area contributed by atoms with Crippen molar-refractivity contribution in [2.24, 2.45) is 5.73 Å². The maximum Gasteiger partial charge on any atom is 0.262 e. The summed E-state index contributed by atoms with van der Waals surface area (Å²) < 4.78 is 44.4. The maximum atomic E-state index is 13.7. The Kier molecular flexibility index (Phi) is 4.02. The van der Waals surface area contributed by atoms with E-state index >= 15 is 0 Å². The molecule has 0 radical (unpaired) electrons. The van der Waals surface area contributed by atoms with Crippen LogP contribution in [0.3, 0.4) is 0 Å². The molecule has 2 rings (SSSR count). The summed E-state index contributed by atoms with van der Waals surface area (Å²) in [6.45, 7) is 0.0918. The number of nitrogens with one attached hydrogen (secondary N) is 1. The second kappa shape index (κ2) is 5.73. The summed E-state index contributed by atoms with van der Waals surface area (Å²) in [7, 11) is -3.91. The first kappa shape index (κ1) is 14.0. The summed E-state index contributed by atoms with van der Waals surface area (Å²) in [4.78, 5) is -0.227. The third-order valence-corrected chi connectivity index (χ3v) is 3.64. The third kappa shape index (κ3) is 3.14. The summed E-state index contributed by atoms with van der Waals surface area (Å²) in [5, 5.41) is 3.36. The monoisotopic (exact) mass is 295 g/mol. The average molecular weight is 295 g/mol. The molecule has 1 aromatic carbocycles. The van der Waals surface area contributed by atoms with E-state index < -0.39 is 15.8 Å². The van der Waals surface area contributed by atoms with Crippen molar-refractivity contribution in [2.75, 3.05) is 11.3 Å². The van der Waals surface area contributed by atoms with Gasteiger partial charge in [0, 0.05) is 0 Å². The Balaban J connectivity index is 2.31. The van der Waals surface area contributed by atoms with Gasteiger partial charge in [-0.05, 0) is 18.2 Å². The highest BCUT2D eigenvalue weighted by atomic mass is 32.2. The van der Waals surface area contributed by atoms with Crippen molar-refractivity contribution in [3.8, 4) is 11.8 Å². The topological polar surface area (TPSA) is 98.2 Å². The van der Waals surface area contributed by atoms with Crippen LogP contribution in [0.1, 0.15) is 5.56 Å². The highest BCUT2D eigenvalue weighted by Gasteiger charge is 2.16. The largest absolute Gasteiger partial charge is 0.362 e. The van der Waals surface area contributed by atoms with Crippen LogP contribution < -0.4 is 10.5 Å². The Morgan fingerprint density at radius 1 is 1.45 bits per heavy atom. The van der Waals surface area contributed by atoms with Crippen molar-refractivity contribution in [3.63, 3.8) is 0 Å². The molecule has 0 aliphatic carbocycles. The fraction of sp³-hybridized carbons (Fsp3) is 0.0833. The Morgan fingerprint density at radius 3 is 2.85 bits per heavy atom. The SMILES string of the molecule is NCC#Cc1ccc(S(=O)(=O)Nc2cnoc2)cc1F. The zero-order chi connectivity index (χ0) is 14.6. The van der Waals surface area contributed by atoms with Gasteiger partial charge in [0.1, 0.15) is 17.8 Å². The summed E-state index contributed by atoms with van der Waals surface area (Å²) in [5.41, 5.74) is 5.42. The molecule has 0 saturated heterocycles. The highest BCUT2D eigenvalue weighted by Crippen LogP contribution is 2.18. The molecule has 2 aromatic rings. The number of aromatic nitrogens is 1. The lowest BCUT2D eigenvalue weighted by Crippen LogP contribution is -2.12. The second-order valence-electron chi connectivity index (χ2n) is 3.67. The quantitative estimate of drug-likeness (QED) is 0.821. The van der Waals surface area contributed by atoms with Crippen LogP contribution in [0.25, 0.3) is 0 Å². The number of hydrogen-bond acceptors (Lipinski definition) is 5. The summed E-state index contributed by atoms with van der Waals surface area (Å²) in [6, 6.07) is 3.41. The van der Waals surface area contributed by atoms with Gasteiger partial charge in [0.05, 0.1) is 23.2 Å². The molecular weight excluding hydrogens is 285 g/mol. The molecule has 3 N–H and O–H groups in total. The molecule has 104 valence electrons. The van der Waals surface area contributed by atoms with E-state index in [1.807, 2.05) is 0 Å². The van der Waals surface area contributed by atoms with Gasteiger partial charge in [-0.1, -0.05) is 17.0 Å². The number of halogens is 1. The number of nitrogens with zero attached hydrogens (tertiary/aromatic N) is 1. The minimum Gasteiger partial charge on any atom is -0.362 e. The van der Waals surface area contributed by atoms with E-state index in [0.29, 0.717) is 0 Å². The number of hydrogen-bond donors (Lipinski definition) is 2. The molecule has 6 nitrogen and oxygen atoms in total. The maximum absolute atomic E-state index is 13.7. The summed E-state index contributed by atoms with van der Waals surface area (Å²) in [6.07, 6.45) is 2.31. The van der Waals surface area contributed by atoms with Gasteiger partial charge in [-0.3, -0.25) is 4.72 Å². The minimum absolute atomic E-state index is 0.0828. The minimum atomic E-state index is -3.91. The molecule has 8 heteroatoms. The van der Waals surface area contributed by atoms with Crippen LogP contribution in [0.15, 0.2) is 40.1 Å². The van der Waals surface area contributed by atoms with Gasteiger partial charge in [0.15, 0.2) is 0 Å². The van der Waals surface area contributed by atoms with E-state index in [1.165, 1.54) is 18.3 Å².